The maximum Gasteiger partial charge on any atom is 0.0964 e. The molecule has 3 rings (SSSR count). The molecular formula is C12H8N2OV+2. The van der Waals surface area contributed by atoms with E-state index in [1.165, 1.54) is 0 Å². The van der Waals surface area contributed by atoms with E-state index in [1.54, 1.807) is 12.4 Å². The third-order valence-corrected chi connectivity index (χ3v) is 2.34. The van der Waals surface area contributed by atoms with E-state index in [0.29, 0.717) is 0 Å². The smallest absolute Gasteiger partial charge is 0.0964 e. The average Bonchev–Trinajstić information content (AvgIpc) is 2.41. The molecule has 4 heteroatoms. The van der Waals surface area contributed by atoms with Crippen molar-refractivity contribution < 1.29 is 21.0 Å². The molecule has 3 aromatic rings. The molecule has 0 saturated heterocycles. The second-order valence-electron chi connectivity index (χ2n) is 3.22. The average molecular weight is 247 g/mol. The molecule has 0 aliphatic rings. The maximum atomic E-state index is 8.19. The number of rotatable bonds is 0. The zero-order valence-electron chi connectivity index (χ0n) is 8.37. The van der Waals surface area contributed by atoms with E-state index >= 15 is 0 Å². The normalized spacial score (nSPS) is 9.88. The van der Waals surface area contributed by atoms with Crippen molar-refractivity contribution in [3.05, 3.63) is 48.8 Å². The molecule has 0 amide bonds. The van der Waals surface area contributed by atoms with Crippen molar-refractivity contribution in [1.82, 2.24) is 9.97 Å². The van der Waals surface area contributed by atoms with Gasteiger partial charge in [-0.25, -0.2) is 0 Å². The summed E-state index contributed by atoms with van der Waals surface area (Å²) in [6, 6.07) is 12.1. The van der Waals surface area contributed by atoms with E-state index < -0.39 is 0 Å². The van der Waals surface area contributed by atoms with Crippen LogP contribution in [0, 0.1) is 0 Å². The van der Waals surface area contributed by atoms with Crippen LogP contribution >= 0.6 is 0 Å². The fraction of sp³-hybridized carbons (Fsp3) is 0. The zero-order valence-corrected chi connectivity index (χ0v) is 9.77. The number of fused-ring (bicyclic) bond motifs is 3. The van der Waals surface area contributed by atoms with Gasteiger partial charge in [-0.2, -0.15) is 0 Å². The molecule has 0 spiro atoms. The van der Waals surface area contributed by atoms with Gasteiger partial charge < -0.3 is 0 Å². The van der Waals surface area contributed by atoms with Crippen molar-refractivity contribution in [1.29, 1.82) is 0 Å². The Morgan fingerprint density at radius 3 is 1.62 bits per heavy atom. The van der Waals surface area contributed by atoms with Crippen LogP contribution in [-0.2, 0) is 21.0 Å². The van der Waals surface area contributed by atoms with Gasteiger partial charge in [0.1, 0.15) is 0 Å². The molecule has 1 aromatic carbocycles. The van der Waals surface area contributed by atoms with Crippen LogP contribution < -0.4 is 0 Å². The van der Waals surface area contributed by atoms with E-state index in [9.17, 15) is 0 Å². The molecule has 0 aliphatic carbocycles. The molecule has 16 heavy (non-hydrogen) atoms. The summed E-state index contributed by atoms with van der Waals surface area (Å²) in [6.07, 6.45) is 3.60. The maximum absolute atomic E-state index is 8.19. The minimum atomic E-state index is 0.977. The first-order chi connectivity index (χ1) is 7.95. The molecule has 75 valence electrons. The quantitative estimate of drug-likeness (QED) is 0.573. The van der Waals surface area contributed by atoms with E-state index in [-0.39, 0.29) is 0 Å². The van der Waals surface area contributed by atoms with Crippen LogP contribution in [0.3, 0.4) is 0 Å². The van der Waals surface area contributed by atoms with Gasteiger partial charge in [0.2, 0.25) is 0 Å². The molecule has 0 saturated carbocycles. The van der Waals surface area contributed by atoms with Gasteiger partial charge in [-0.3, -0.25) is 9.97 Å². The summed E-state index contributed by atoms with van der Waals surface area (Å²) in [5.74, 6) is 0. The van der Waals surface area contributed by atoms with Gasteiger partial charge in [-0.15, -0.1) is 0 Å². The van der Waals surface area contributed by atoms with Crippen molar-refractivity contribution in [2.75, 3.05) is 0 Å². The van der Waals surface area contributed by atoms with Gasteiger partial charge in [0.05, 0.1) is 11.0 Å². The largest absolute Gasteiger partial charge is 0.254 e. The van der Waals surface area contributed by atoms with Crippen LogP contribution in [0.4, 0.5) is 0 Å². The Morgan fingerprint density at radius 2 is 1.19 bits per heavy atom. The fourth-order valence-corrected chi connectivity index (χ4v) is 1.68. The number of pyridine rings is 2. The molecule has 0 unspecified atom stereocenters. The monoisotopic (exact) mass is 247 g/mol. The van der Waals surface area contributed by atoms with Crippen LogP contribution in [0.15, 0.2) is 48.8 Å². The Morgan fingerprint density at radius 1 is 0.750 bits per heavy atom. The standard InChI is InChI=1S/C12H8N2.O.V/c1-3-9-5-6-10-4-2-8-14-12(10)11(9)13-7-1;;/h1-8H;;/q;;+2. The predicted molar refractivity (Wildman–Crippen MR) is 57.7 cm³/mol. The van der Waals surface area contributed by atoms with E-state index in [2.05, 4.69) is 34.2 Å². The minimum absolute atomic E-state index is 0.977. The van der Waals surface area contributed by atoms with Crippen molar-refractivity contribution in [3.63, 3.8) is 0 Å². The van der Waals surface area contributed by atoms with Gasteiger partial charge in [-0.1, -0.05) is 24.3 Å². The summed E-state index contributed by atoms with van der Waals surface area (Å²) in [6.45, 7) is 0. The topological polar surface area (TPSA) is 42.9 Å². The van der Waals surface area contributed by atoms with Crippen molar-refractivity contribution >= 4 is 21.8 Å². The van der Waals surface area contributed by atoms with Gasteiger partial charge >= 0.3 is 21.0 Å². The first kappa shape index (κ1) is 10.9. The summed E-state index contributed by atoms with van der Waals surface area (Å²) < 4.78 is 8.19. The molecule has 0 radical (unpaired) electrons. The van der Waals surface area contributed by atoms with Crippen LogP contribution in [0.5, 0.6) is 0 Å². The van der Waals surface area contributed by atoms with Crippen molar-refractivity contribution in [3.8, 4) is 0 Å². The Bertz CT molecular complexity index is 572. The van der Waals surface area contributed by atoms with Crippen LogP contribution in [-0.4, -0.2) is 9.97 Å². The SMILES string of the molecule is [O]=[V+2].c1cnc2c(c1)ccc1cccnc12. The number of aromatic nitrogens is 2. The summed E-state index contributed by atoms with van der Waals surface area (Å²) >= 11 is 1.06. The van der Waals surface area contributed by atoms with Crippen LogP contribution in [0.2, 0.25) is 0 Å². The molecule has 0 atom stereocenters. The Kier molecular flexibility index (Phi) is 3.39. The molecule has 0 N–H and O–H groups in total. The van der Waals surface area contributed by atoms with Gasteiger partial charge in [0, 0.05) is 23.2 Å². The number of nitrogens with zero attached hydrogens (tertiary/aromatic N) is 2. The third-order valence-electron chi connectivity index (χ3n) is 2.34. The van der Waals surface area contributed by atoms with Gasteiger partial charge in [0.15, 0.2) is 0 Å². The molecule has 3 nitrogen and oxygen atoms in total. The molecule has 2 aromatic heterocycles. The summed E-state index contributed by atoms with van der Waals surface area (Å²) in [7, 11) is 0. The van der Waals surface area contributed by atoms with E-state index in [0.717, 1.165) is 39.2 Å². The molecule has 0 aliphatic heterocycles. The van der Waals surface area contributed by atoms with Gasteiger partial charge in [-0.05, 0) is 12.1 Å². The van der Waals surface area contributed by atoms with Crippen molar-refractivity contribution in [2.45, 2.75) is 0 Å². The Hall–Kier alpha value is -1.58. The van der Waals surface area contributed by atoms with E-state index in [1.807, 2.05) is 12.1 Å². The molecule has 0 bridgehead atoms. The Balaban J connectivity index is 0.000000457. The van der Waals surface area contributed by atoms with Crippen LogP contribution in [0.25, 0.3) is 21.8 Å². The van der Waals surface area contributed by atoms with Crippen molar-refractivity contribution in [2.24, 2.45) is 0 Å². The molecular weight excluding hydrogens is 239 g/mol. The first-order valence-electron chi connectivity index (χ1n) is 4.72. The number of hydrogen-bond acceptors (Lipinski definition) is 3. The number of hydrogen-bond donors (Lipinski definition) is 0. The summed E-state index contributed by atoms with van der Waals surface area (Å²) in [5, 5.41) is 2.28. The zero-order chi connectivity index (χ0) is 11.4. The first-order valence-corrected chi connectivity index (χ1v) is 5.29. The number of benzene rings is 1. The summed E-state index contributed by atoms with van der Waals surface area (Å²) in [4.78, 5) is 8.69. The second kappa shape index (κ2) is 4.97. The fourth-order valence-electron chi connectivity index (χ4n) is 1.68. The van der Waals surface area contributed by atoms with E-state index in [4.69, 9.17) is 3.67 Å². The third kappa shape index (κ3) is 1.87. The second-order valence-corrected chi connectivity index (χ2v) is 3.22. The predicted octanol–water partition coefficient (Wildman–Crippen LogP) is 2.66. The minimum Gasteiger partial charge on any atom is -0.254 e. The summed E-state index contributed by atoms with van der Waals surface area (Å²) in [5.41, 5.74) is 1.95. The Labute approximate surface area is 102 Å². The van der Waals surface area contributed by atoms with Gasteiger partial charge in [0.25, 0.3) is 0 Å². The molecule has 2 heterocycles. The van der Waals surface area contributed by atoms with Crippen LogP contribution in [0.1, 0.15) is 0 Å². The molecule has 0 fully saturated rings.